The zero-order valence-electron chi connectivity index (χ0n) is 20.6. The molecule has 4 aliphatic carbocycles. The van der Waals surface area contributed by atoms with Gasteiger partial charge in [-0.3, -0.25) is 9.69 Å². The fraction of sp³-hybridized carbons (Fsp3) is 0.759. The summed E-state index contributed by atoms with van der Waals surface area (Å²) in [5, 5.41) is 3.50. The lowest BCUT2D eigenvalue weighted by Gasteiger charge is -2.66. The van der Waals surface area contributed by atoms with Crippen LogP contribution in [0.25, 0.3) is 0 Å². The summed E-state index contributed by atoms with van der Waals surface area (Å²) in [6, 6.07) is 8.19. The normalized spacial score (nSPS) is 44.1. The van der Waals surface area contributed by atoms with Crippen molar-refractivity contribution in [2.24, 2.45) is 23.2 Å². The highest BCUT2D eigenvalue weighted by molar-refractivity contribution is 5.83. The number of hydrogen-bond donors (Lipinski definition) is 1. The SMILES string of the molecule is COc1ccc2c(c1)C13CCN(CC4CC4)C(C2)C12CCC1C3[C@@H](CN1C(=O)[C@@H]1CCCN1)C2. The van der Waals surface area contributed by atoms with Gasteiger partial charge >= 0.3 is 0 Å². The van der Waals surface area contributed by atoms with E-state index in [2.05, 4.69) is 33.3 Å². The van der Waals surface area contributed by atoms with Crippen LogP contribution in [-0.2, 0) is 16.6 Å². The Hall–Kier alpha value is -1.59. The summed E-state index contributed by atoms with van der Waals surface area (Å²) in [5.74, 6) is 3.67. The lowest BCUT2D eigenvalue weighted by Crippen LogP contribution is -2.70. The van der Waals surface area contributed by atoms with Crippen LogP contribution in [0.15, 0.2) is 18.2 Å². The first-order chi connectivity index (χ1) is 16.6. The highest BCUT2D eigenvalue weighted by Crippen LogP contribution is 2.75. The minimum absolute atomic E-state index is 0.0647. The van der Waals surface area contributed by atoms with Crippen molar-refractivity contribution in [2.75, 3.05) is 33.3 Å². The standard InChI is InChI=1S/C29H39N3O2/c1-34-21-7-6-19-13-25-28-9-8-24-26(20(15-28)17-32(24)27(33)23-3-2-11-30-23)29(28,22(19)14-21)10-12-31(25)16-18-4-5-18/h6-7,14,18,20,23-26,30H,2-5,8-13,15-17H2,1H3/t20-,23+,24?,25?,26?,28?,29?/m1/s1. The molecule has 4 bridgehead atoms. The third kappa shape index (κ3) is 2.46. The van der Waals surface area contributed by atoms with Crippen LogP contribution in [0.3, 0.4) is 0 Å². The molecule has 1 N–H and O–H groups in total. The van der Waals surface area contributed by atoms with Gasteiger partial charge in [-0.15, -0.1) is 0 Å². The first kappa shape index (κ1) is 20.6. The molecule has 34 heavy (non-hydrogen) atoms. The molecule has 182 valence electrons. The van der Waals surface area contributed by atoms with Crippen molar-refractivity contribution in [3.63, 3.8) is 0 Å². The van der Waals surface area contributed by atoms with E-state index in [-0.39, 0.29) is 11.5 Å². The number of likely N-dealkylation sites (tertiary alicyclic amines) is 2. The van der Waals surface area contributed by atoms with Gasteiger partial charge < -0.3 is 15.0 Å². The molecule has 8 rings (SSSR count). The van der Waals surface area contributed by atoms with Crippen LogP contribution in [0, 0.1) is 23.2 Å². The molecule has 7 atom stereocenters. The Kier molecular flexibility index (Phi) is 4.24. The maximum atomic E-state index is 13.7. The van der Waals surface area contributed by atoms with E-state index in [0.29, 0.717) is 35.2 Å². The second kappa shape index (κ2) is 7.00. The van der Waals surface area contributed by atoms with Crippen LogP contribution in [0.2, 0.25) is 0 Å². The number of nitrogens with zero attached hydrogens (tertiary/aromatic N) is 2. The number of carbonyl (C=O) groups excluding carboxylic acids is 1. The molecule has 1 aromatic carbocycles. The fourth-order valence-corrected chi connectivity index (χ4v) is 10.4. The number of benzene rings is 1. The summed E-state index contributed by atoms with van der Waals surface area (Å²) >= 11 is 0. The number of hydrogen-bond acceptors (Lipinski definition) is 4. The van der Waals surface area contributed by atoms with E-state index in [1.807, 2.05) is 7.11 Å². The molecule has 0 aromatic heterocycles. The lowest BCUT2D eigenvalue weighted by molar-refractivity contribution is -0.141. The van der Waals surface area contributed by atoms with E-state index in [1.165, 1.54) is 58.0 Å². The number of fused-ring (bicyclic) bond motifs is 1. The van der Waals surface area contributed by atoms with Crippen molar-refractivity contribution in [1.29, 1.82) is 0 Å². The molecule has 1 amide bonds. The number of rotatable bonds is 4. The highest BCUT2D eigenvalue weighted by Gasteiger charge is 2.76. The third-order valence-corrected chi connectivity index (χ3v) is 11.6. The summed E-state index contributed by atoms with van der Waals surface area (Å²) in [7, 11) is 1.81. The van der Waals surface area contributed by atoms with Crippen LogP contribution in [-0.4, -0.2) is 67.1 Å². The summed E-state index contributed by atoms with van der Waals surface area (Å²) < 4.78 is 5.78. The smallest absolute Gasteiger partial charge is 0.239 e. The second-order valence-corrected chi connectivity index (χ2v) is 12.8. The lowest BCUT2D eigenvalue weighted by atomic mass is 9.43. The van der Waals surface area contributed by atoms with Crippen LogP contribution < -0.4 is 10.1 Å². The molecule has 3 aliphatic heterocycles. The van der Waals surface area contributed by atoms with Crippen molar-refractivity contribution in [1.82, 2.24) is 15.1 Å². The quantitative estimate of drug-likeness (QED) is 0.747. The average Bonchev–Trinajstić information content (AvgIpc) is 3.27. The van der Waals surface area contributed by atoms with Crippen LogP contribution in [0.4, 0.5) is 0 Å². The van der Waals surface area contributed by atoms with Gasteiger partial charge in [0.15, 0.2) is 0 Å². The van der Waals surface area contributed by atoms with Gasteiger partial charge in [0.25, 0.3) is 0 Å². The molecule has 0 spiro atoms. The van der Waals surface area contributed by atoms with E-state index >= 15 is 0 Å². The Balaban J connectivity index is 1.24. The molecule has 5 unspecified atom stereocenters. The number of carbonyl (C=O) groups is 1. The van der Waals surface area contributed by atoms with Gasteiger partial charge in [-0.05, 0) is 117 Å². The molecule has 1 aromatic rings. The summed E-state index contributed by atoms with van der Waals surface area (Å²) in [6.45, 7) is 4.57. The van der Waals surface area contributed by atoms with Crippen LogP contribution in [0.1, 0.15) is 62.5 Å². The predicted molar refractivity (Wildman–Crippen MR) is 131 cm³/mol. The molecule has 7 aliphatic rings. The van der Waals surface area contributed by atoms with Crippen LogP contribution >= 0.6 is 0 Å². The topological polar surface area (TPSA) is 44.8 Å². The maximum absolute atomic E-state index is 13.7. The Morgan fingerprint density at radius 1 is 1.21 bits per heavy atom. The molecule has 3 saturated heterocycles. The first-order valence-electron chi connectivity index (χ1n) is 14.1. The molecule has 6 fully saturated rings. The molecule has 5 nitrogen and oxygen atoms in total. The van der Waals surface area contributed by atoms with Gasteiger partial charge in [0, 0.05) is 30.6 Å². The first-order valence-corrected chi connectivity index (χ1v) is 14.1. The fourth-order valence-electron chi connectivity index (χ4n) is 10.4. The number of nitrogens with one attached hydrogen (secondary N) is 1. The molecule has 3 heterocycles. The zero-order valence-corrected chi connectivity index (χ0v) is 20.6. The Morgan fingerprint density at radius 2 is 2.12 bits per heavy atom. The van der Waals surface area contributed by atoms with Crippen molar-refractivity contribution >= 4 is 5.91 Å². The molecular weight excluding hydrogens is 422 g/mol. The minimum Gasteiger partial charge on any atom is -0.497 e. The van der Waals surface area contributed by atoms with Crippen molar-refractivity contribution in [3.8, 4) is 5.75 Å². The van der Waals surface area contributed by atoms with E-state index in [0.717, 1.165) is 37.6 Å². The number of methoxy groups -OCH3 is 1. The number of amides is 1. The van der Waals surface area contributed by atoms with Gasteiger partial charge in [0.1, 0.15) is 5.75 Å². The average molecular weight is 462 g/mol. The highest BCUT2D eigenvalue weighted by atomic mass is 16.5. The van der Waals surface area contributed by atoms with Gasteiger partial charge in [-0.1, -0.05) is 6.07 Å². The van der Waals surface area contributed by atoms with Gasteiger partial charge in [0.2, 0.25) is 5.91 Å². The molecule has 5 heteroatoms. The van der Waals surface area contributed by atoms with Crippen LogP contribution in [0.5, 0.6) is 5.75 Å². The molecular formula is C29H39N3O2. The van der Waals surface area contributed by atoms with Crippen molar-refractivity contribution in [2.45, 2.75) is 81.3 Å². The zero-order chi connectivity index (χ0) is 22.7. The van der Waals surface area contributed by atoms with Crippen molar-refractivity contribution < 1.29 is 9.53 Å². The van der Waals surface area contributed by atoms with E-state index in [1.54, 1.807) is 11.1 Å². The van der Waals surface area contributed by atoms with Gasteiger partial charge in [0.05, 0.1) is 13.2 Å². The summed E-state index contributed by atoms with van der Waals surface area (Å²) in [5.41, 5.74) is 3.81. The molecule has 0 radical (unpaired) electrons. The minimum atomic E-state index is 0.0647. The van der Waals surface area contributed by atoms with E-state index in [4.69, 9.17) is 4.74 Å². The Morgan fingerprint density at radius 3 is 2.91 bits per heavy atom. The monoisotopic (exact) mass is 461 g/mol. The second-order valence-electron chi connectivity index (χ2n) is 12.8. The predicted octanol–water partition coefficient (Wildman–Crippen LogP) is 3.35. The van der Waals surface area contributed by atoms with E-state index in [9.17, 15) is 4.79 Å². The van der Waals surface area contributed by atoms with E-state index < -0.39 is 0 Å². The van der Waals surface area contributed by atoms with Gasteiger partial charge in [-0.25, -0.2) is 0 Å². The Bertz CT molecular complexity index is 1030. The van der Waals surface area contributed by atoms with Crippen molar-refractivity contribution in [3.05, 3.63) is 29.3 Å². The summed E-state index contributed by atoms with van der Waals surface area (Å²) in [4.78, 5) is 19.0. The number of piperidine rings is 1. The summed E-state index contributed by atoms with van der Waals surface area (Å²) in [6.07, 6.45) is 11.4. The third-order valence-electron chi connectivity index (χ3n) is 11.6. The largest absolute Gasteiger partial charge is 0.497 e. The maximum Gasteiger partial charge on any atom is 0.239 e. The Labute approximate surface area is 203 Å². The van der Waals surface area contributed by atoms with Gasteiger partial charge in [-0.2, -0.15) is 0 Å². The molecule has 3 saturated carbocycles. The number of ether oxygens (including phenoxy) is 1.